The lowest BCUT2D eigenvalue weighted by atomic mass is 10.2. The molecule has 0 amide bonds. The highest BCUT2D eigenvalue weighted by Crippen LogP contribution is 2.41. The van der Waals surface area contributed by atoms with Crippen LogP contribution >= 0.6 is 11.6 Å². The highest BCUT2D eigenvalue weighted by molar-refractivity contribution is 6.32. The van der Waals surface area contributed by atoms with Crippen LogP contribution in [0.5, 0.6) is 11.5 Å². The summed E-state index contributed by atoms with van der Waals surface area (Å²) in [7, 11) is 0. The molecule has 0 saturated carbocycles. The van der Waals surface area contributed by atoms with E-state index in [4.69, 9.17) is 11.6 Å². The number of hydrogen-bond acceptors (Lipinski definition) is 5. The van der Waals surface area contributed by atoms with Crippen molar-refractivity contribution in [2.45, 2.75) is 32.7 Å². The average Bonchev–Trinajstić information content (AvgIpc) is 2.82. The molecule has 2 heterocycles. The second-order valence-corrected chi connectivity index (χ2v) is 6.07. The van der Waals surface area contributed by atoms with Crippen LogP contribution in [0, 0.1) is 0 Å². The zero-order chi connectivity index (χ0) is 18.4. The molecule has 0 radical (unpaired) electrons. The minimum atomic E-state index is -3.69. The molecule has 1 aliphatic rings. The molecule has 2 aromatic rings. The molecule has 1 aromatic heterocycles. The Morgan fingerprint density at radius 2 is 1.96 bits per heavy atom. The van der Waals surface area contributed by atoms with Crippen molar-refractivity contribution in [1.29, 1.82) is 0 Å². The molecule has 134 valence electrons. The van der Waals surface area contributed by atoms with Crippen LogP contribution in [-0.4, -0.2) is 15.8 Å². The van der Waals surface area contributed by atoms with Gasteiger partial charge in [-0.2, -0.15) is 0 Å². The standard InChI is InChI=1S/C15H14ClF2N3O4/c1-7(2)21-13(22)11(16)12(20-14(21)23)19-6-8-3-4-9-10(5-8)25-15(17,18)24-9/h3-5,7,19H,6H2,1-2H3,(H,20,23). The van der Waals surface area contributed by atoms with Crippen LogP contribution in [0.1, 0.15) is 25.5 Å². The van der Waals surface area contributed by atoms with Crippen molar-refractivity contribution in [3.05, 3.63) is 49.6 Å². The Hall–Kier alpha value is -2.55. The van der Waals surface area contributed by atoms with Crippen LogP contribution in [0.4, 0.5) is 14.6 Å². The topological polar surface area (TPSA) is 85.3 Å². The molecular formula is C15H14ClF2N3O4. The van der Waals surface area contributed by atoms with Gasteiger partial charge in [-0.1, -0.05) is 17.7 Å². The number of fused-ring (bicyclic) bond motifs is 1. The molecule has 1 aromatic carbocycles. The van der Waals surface area contributed by atoms with E-state index in [2.05, 4.69) is 19.8 Å². The van der Waals surface area contributed by atoms with Gasteiger partial charge >= 0.3 is 12.0 Å². The molecule has 0 fully saturated rings. The van der Waals surface area contributed by atoms with Crippen LogP contribution in [0.3, 0.4) is 0 Å². The number of halogens is 3. The van der Waals surface area contributed by atoms with E-state index in [0.29, 0.717) is 5.56 Å². The number of alkyl halides is 2. The van der Waals surface area contributed by atoms with Crippen molar-refractivity contribution in [3.63, 3.8) is 0 Å². The number of aromatic amines is 1. The first-order valence-corrected chi connectivity index (χ1v) is 7.72. The predicted octanol–water partition coefficient (Wildman–Crippen LogP) is 2.70. The lowest BCUT2D eigenvalue weighted by Gasteiger charge is -2.12. The van der Waals surface area contributed by atoms with Crippen molar-refractivity contribution in [1.82, 2.24) is 9.55 Å². The summed E-state index contributed by atoms with van der Waals surface area (Å²) in [6, 6.07) is 3.90. The first-order chi connectivity index (χ1) is 11.7. The Bertz CT molecular complexity index is 939. The Morgan fingerprint density at radius 3 is 2.64 bits per heavy atom. The maximum absolute atomic E-state index is 13.0. The molecule has 1 aliphatic heterocycles. The van der Waals surface area contributed by atoms with Gasteiger partial charge < -0.3 is 14.8 Å². The molecule has 0 bridgehead atoms. The Kier molecular flexibility index (Phi) is 4.19. The van der Waals surface area contributed by atoms with Crippen LogP contribution in [0.25, 0.3) is 0 Å². The van der Waals surface area contributed by atoms with E-state index >= 15 is 0 Å². The number of hydrogen-bond donors (Lipinski definition) is 2. The molecular weight excluding hydrogens is 360 g/mol. The van der Waals surface area contributed by atoms with Crippen molar-refractivity contribution in [2.75, 3.05) is 5.32 Å². The third-order valence-electron chi connectivity index (χ3n) is 3.53. The molecule has 25 heavy (non-hydrogen) atoms. The normalized spacial score (nSPS) is 14.8. The van der Waals surface area contributed by atoms with Gasteiger partial charge in [0.25, 0.3) is 5.56 Å². The lowest BCUT2D eigenvalue weighted by Crippen LogP contribution is -2.37. The maximum atomic E-state index is 13.0. The number of H-pyrrole nitrogens is 1. The largest absolute Gasteiger partial charge is 0.586 e. The van der Waals surface area contributed by atoms with Crippen molar-refractivity contribution in [3.8, 4) is 11.5 Å². The second kappa shape index (κ2) is 6.07. The SMILES string of the molecule is CC(C)n1c(=O)[nH]c(NCc2ccc3c(c2)OC(F)(F)O3)c(Cl)c1=O. The lowest BCUT2D eigenvalue weighted by molar-refractivity contribution is -0.286. The highest BCUT2D eigenvalue weighted by Gasteiger charge is 2.43. The van der Waals surface area contributed by atoms with Gasteiger partial charge in [0.2, 0.25) is 0 Å². The number of anilines is 1. The van der Waals surface area contributed by atoms with Gasteiger partial charge in [0.05, 0.1) is 0 Å². The van der Waals surface area contributed by atoms with E-state index in [9.17, 15) is 18.4 Å². The third-order valence-corrected chi connectivity index (χ3v) is 3.88. The van der Waals surface area contributed by atoms with Crippen LogP contribution < -0.4 is 26.0 Å². The Labute approximate surface area is 145 Å². The number of rotatable bonds is 4. The van der Waals surface area contributed by atoms with Gasteiger partial charge in [-0.3, -0.25) is 14.3 Å². The summed E-state index contributed by atoms with van der Waals surface area (Å²) < 4.78 is 35.7. The quantitative estimate of drug-likeness (QED) is 0.860. The van der Waals surface area contributed by atoms with Crippen molar-refractivity contribution < 1.29 is 18.3 Å². The molecule has 0 saturated heterocycles. The summed E-state index contributed by atoms with van der Waals surface area (Å²) in [5.41, 5.74) is -0.657. The summed E-state index contributed by atoms with van der Waals surface area (Å²) in [6.45, 7) is 3.48. The summed E-state index contributed by atoms with van der Waals surface area (Å²) in [5.74, 6) is -0.115. The molecule has 0 aliphatic carbocycles. The van der Waals surface area contributed by atoms with Gasteiger partial charge in [-0.15, -0.1) is 8.78 Å². The van der Waals surface area contributed by atoms with E-state index < -0.39 is 17.5 Å². The van der Waals surface area contributed by atoms with E-state index in [1.807, 2.05) is 0 Å². The maximum Gasteiger partial charge on any atom is 0.586 e. The van der Waals surface area contributed by atoms with E-state index in [1.165, 1.54) is 18.2 Å². The number of benzene rings is 1. The van der Waals surface area contributed by atoms with Gasteiger partial charge in [0.1, 0.15) is 10.8 Å². The van der Waals surface area contributed by atoms with Gasteiger partial charge in [0, 0.05) is 12.6 Å². The van der Waals surface area contributed by atoms with Crippen LogP contribution in [-0.2, 0) is 6.54 Å². The zero-order valence-corrected chi connectivity index (χ0v) is 14.0. The summed E-state index contributed by atoms with van der Waals surface area (Å²) in [6.07, 6.45) is -3.69. The minimum absolute atomic E-state index is 0.0524. The number of ether oxygens (including phenoxy) is 2. The number of aromatic nitrogens is 2. The molecule has 0 spiro atoms. The minimum Gasteiger partial charge on any atom is -0.395 e. The van der Waals surface area contributed by atoms with Crippen LogP contribution in [0.15, 0.2) is 27.8 Å². The van der Waals surface area contributed by atoms with Gasteiger partial charge in [-0.25, -0.2) is 4.79 Å². The fourth-order valence-corrected chi connectivity index (χ4v) is 2.62. The highest BCUT2D eigenvalue weighted by atomic mass is 35.5. The monoisotopic (exact) mass is 373 g/mol. The first kappa shape index (κ1) is 17.3. The van der Waals surface area contributed by atoms with Gasteiger partial charge in [0.15, 0.2) is 11.5 Å². The molecule has 0 unspecified atom stereocenters. The number of nitrogens with one attached hydrogen (secondary N) is 2. The van der Waals surface area contributed by atoms with E-state index in [-0.39, 0.29) is 34.9 Å². The zero-order valence-electron chi connectivity index (χ0n) is 13.2. The Morgan fingerprint density at radius 1 is 1.28 bits per heavy atom. The molecule has 3 rings (SSSR count). The third kappa shape index (κ3) is 3.32. The van der Waals surface area contributed by atoms with Crippen molar-refractivity contribution in [2.24, 2.45) is 0 Å². The fourth-order valence-electron chi connectivity index (χ4n) is 2.41. The molecule has 7 nitrogen and oxygen atoms in total. The fraction of sp³-hybridized carbons (Fsp3) is 0.333. The summed E-state index contributed by atoms with van der Waals surface area (Å²) >= 11 is 6.00. The van der Waals surface area contributed by atoms with Gasteiger partial charge in [-0.05, 0) is 31.5 Å². The molecule has 10 heteroatoms. The first-order valence-electron chi connectivity index (χ1n) is 7.35. The van der Waals surface area contributed by atoms with Crippen molar-refractivity contribution >= 4 is 17.4 Å². The van der Waals surface area contributed by atoms with Crippen LogP contribution in [0.2, 0.25) is 5.02 Å². The summed E-state index contributed by atoms with van der Waals surface area (Å²) in [4.78, 5) is 26.6. The summed E-state index contributed by atoms with van der Waals surface area (Å²) in [5, 5.41) is 2.64. The van der Waals surface area contributed by atoms with E-state index in [1.54, 1.807) is 13.8 Å². The second-order valence-electron chi connectivity index (χ2n) is 5.69. The molecule has 0 atom stereocenters. The predicted molar refractivity (Wildman–Crippen MR) is 86.7 cm³/mol. The number of nitrogens with zero attached hydrogens (tertiary/aromatic N) is 1. The average molecular weight is 374 g/mol. The smallest absolute Gasteiger partial charge is 0.395 e. The Balaban J connectivity index is 1.82. The van der Waals surface area contributed by atoms with E-state index in [0.717, 1.165) is 4.57 Å². The molecule has 2 N–H and O–H groups in total.